The summed E-state index contributed by atoms with van der Waals surface area (Å²) in [5.41, 5.74) is -0.293. The van der Waals surface area contributed by atoms with Crippen LogP contribution in [0.3, 0.4) is 0 Å². The Labute approximate surface area is 113 Å². The number of carbonyl (C=O) groups excluding carboxylic acids is 1. The van der Waals surface area contributed by atoms with Gasteiger partial charge in [0.1, 0.15) is 0 Å². The van der Waals surface area contributed by atoms with Gasteiger partial charge in [-0.15, -0.1) is 0 Å². The highest BCUT2D eigenvalue weighted by molar-refractivity contribution is 5.84. The van der Waals surface area contributed by atoms with E-state index in [1.54, 1.807) is 0 Å². The zero-order valence-electron chi connectivity index (χ0n) is 11.8. The molecule has 1 aliphatic carbocycles. The molecule has 2 fully saturated rings. The van der Waals surface area contributed by atoms with Crippen LogP contribution < -0.4 is 10.6 Å². The lowest BCUT2D eigenvalue weighted by molar-refractivity contribution is -0.137. The van der Waals surface area contributed by atoms with Crippen molar-refractivity contribution >= 4 is 5.91 Å². The molecule has 0 spiro atoms. The standard InChI is InChI=1S/C14H24F2N2O/c1-10(2)13(8-17-9-13)12(19)18-7-11-3-5-14(15,16)6-4-11/h10-11,17H,3-9H2,1-2H3,(H,18,19). The number of amides is 1. The predicted molar refractivity (Wildman–Crippen MR) is 70.1 cm³/mol. The number of carbonyl (C=O) groups is 1. The summed E-state index contributed by atoms with van der Waals surface area (Å²) in [4.78, 5) is 12.3. The minimum Gasteiger partial charge on any atom is -0.355 e. The van der Waals surface area contributed by atoms with Gasteiger partial charge in [0.25, 0.3) is 0 Å². The third kappa shape index (κ3) is 3.07. The van der Waals surface area contributed by atoms with Crippen LogP contribution in [-0.2, 0) is 4.79 Å². The highest BCUT2D eigenvalue weighted by Crippen LogP contribution is 2.36. The van der Waals surface area contributed by atoms with Crippen LogP contribution in [0.4, 0.5) is 8.78 Å². The van der Waals surface area contributed by atoms with Gasteiger partial charge in [-0.25, -0.2) is 8.78 Å². The second kappa shape index (κ2) is 5.35. The first kappa shape index (κ1) is 14.7. The monoisotopic (exact) mass is 274 g/mol. The normalized spacial score (nSPS) is 25.9. The molecule has 3 nitrogen and oxygen atoms in total. The summed E-state index contributed by atoms with van der Waals surface area (Å²) in [6.07, 6.45) is 0.954. The molecule has 2 aliphatic rings. The maximum absolute atomic E-state index is 13.0. The lowest BCUT2D eigenvalue weighted by Crippen LogP contribution is -2.64. The Balaban J connectivity index is 1.78. The Kier molecular flexibility index (Phi) is 4.14. The maximum atomic E-state index is 13.0. The Hall–Kier alpha value is -0.710. The summed E-state index contributed by atoms with van der Waals surface area (Å²) in [6.45, 7) is 6.10. The number of rotatable bonds is 4. The Morgan fingerprint density at radius 3 is 2.32 bits per heavy atom. The lowest BCUT2D eigenvalue weighted by Gasteiger charge is -2.44. The van der Waals surface area contributed by atoms with E-state index in [1.807, 2.05) is 0 Å². The first-order chi connectivity index (χ1) is 8.86. The molecule has 1 saturated carbocycles. The van der Waals surface area contributed by atoms with Crippen LogP contribution in [0.1, 0.15) is 39.5 Å². The number of halogens is 2. The number of alkyl halides is 2. The molecule has 0 aromatic heterocycles. The third-order valence-electron chi connectivity index (χ3n) is 4.83. The van der Waals surface area contributed by atoms with E-state index < -0.39 is 5.92 Å². The van der Waals surface area contributed by atoms with Gasteiger partial charge in [0, 0.05) is 32.5 Å². The molecule has 1 heterocycles. The first-order valence-electron chi connectivity index (χ1n) is 7.23. The molecular weight excluding hydrogens is 250 g/mol. The highest BCUT2D eigenvalue weighted by atomic mass is 19.3. The number of hydrogen-bond acceptors (Lipinski definition) is 2. The van der Waals surface area contributed by atoms with E-state index in [0.29, 0.717) is 25.3 Å². The minimum absolute atomic E-state index is 0.0373. The maximum Gasteiger partial charge on any atom is 0.248 e. The largest absolute Gasteiger partial charge is 0.355 e. The average molecular weight is 274 g/mol. The van der Waals surface area contributed by atoms with E-state index in [2.05, 4.69) is 24.5 Å². The Bertz CT molecular complexity index is 330. The number of nitrogens with one attached hydrogen (secondary N) is 2. The summed E-state index contributed by atoms with van der Waals surface area (Å²) < 4.78 is 26.1. The summed E-state index contributed by atoms with van der Waals surface area (Å²) in [5.74, 6) is -1.90. The molecule has 2 rings (SSSR count). The van der Waals surface area contributed by atoms with Crippen molar-refractivity contribution in [1.82, 2.24) is 10.6 Å². The van der Waals surface area contributed by atoms with Gasteiger partial charge in [-0.3, -0.25) is 4.79 Å². The van der Waals surface area contributed by atoms with Gasteiger partial charge in [0.2, 0.25) is 11.8 Å². The lowest BCUT2D eigenvalue weighted by atomic mass is 9.71. The van der Waals surface area contributed by atoms with Crippen molar-refractivity contribution in [3.63, 3.8) is 0 Å². The molecule has 0 aromatic rings. The third-order valence-corrected chi connectivity index (χ3v) is 4.83. The molecule has 19 heavy (non-hydrogen) atoms. The fourth-order valence-corrected chi connectivity index (χ4v) is 2.94. The van der Waals surface area contributed by atoms with Gasteiger partial charge in [-0.2, -0.15) is 0 Å². The van der Waals surface area contributed by atoms with Crippen LogP contribution in [-0.4, -0.2) is 31.5 Å². The van der Waals surface area contributed by atoms with Gasteiger partial charge in [-0.05, 0) is 24.7 Å². The molecule has 0 atom stereocenters. The topological polar surface area (TPSA) is 41.1 Å². The molecule has 1 saturated heterocycles. The molecule has 0 unspecified atom stereocenters. The zero-order valence-corrected chi connectivity index (χ0v) is 11.8. The van der Waals surface area contributed by atoms with E-state index in [4.69, 9.17) is 0 Å². The van der Waals surface area contributed by atoms with Crippen LogP contribution >= 0.6 is 0 Å². The second-order valence-electron chi connectivity index (χ2n) is 6.42. The van der Waals surface area contributed by atoms with Gasteiger partial charge in [-0.1, -0.05) is 13.8 Å². The van der Waals surface area contributed by atoms with Crippen LogP contribution in [0.5, 0.6) is 0 Å². The summed E-state index contributed by atoms with van der Waals surface area (Å²) in [5, 5.41) is 6.13. The van der Waals surface area contributed by atoms with Crippen molar-refractivity contribution in [3.8, 4) is 0 Å². The molecule has 110 valence electrons. The zero-order chi connectivity index (χ0) is 14.1. The molecular formula is C14H24F2N2O. The van der Waals surface area contributed by atoms with Crippen LogP contribution in [0.25, 0.3) is 0 Å². The van der Waals surface area contributed by atoms with Crippen molar-refractivity contribution in [1.29, 1.82) is 0 Å². The van der Waals surface area contributed by atoms with Crippen molar-refractivity contribution in [2.75, 3.05) is 19.6 Å². The SMILES string of the molecule is CC(C)C1(C(=O)NCC2CCC(F)(F)CC2)CNC1. The number of hydrogen-bond donors (Lipinski definition) is 2. The molecule has 1 amide bonds. The van der Waals surface area contributed by atoms with Gasteiger partial charge in [0.15, 0.2) is 0 Å². The van der Waals surface area contributed by atoms with E-state index in [9.17, 15) is 13.6 Å². The fourth-order valence-electron chi connectivity index (χ4n) is 2.94. The molecule has 0 bridgehead atoms. The summed E-state index contributed by atoms with van der Waals surface area (Å²) in [7, 11) is 0. The van der Waals surface area contributed by atoms with Crippen molar-refractivity contribution in [2.45, 2.75) is 45.5 Å². The smallest absolute Gasteiger partial charge is 0.248 e. The second-order valence-corrected chi connectivity index (χ2v) is 6.42. The van der Waals surface area contributed by atoms with Gasteiger partial charge >= 0.3 is 0 Å². The minimum atomic E-state index is -2.49. The highest BCUT2D eigenvalue weighted by Gasteiger charge is 2.46. The predicted octanol–water partition coefficient (Wildman–Crippen LogP) is 2.17. The summed E-state index contributed by atoms with van der Waals surface area (Å²) in [6, 6.07) is 0. The van der Waals surface area contributed by atoms with Crippen LogP contribution in [0.2, 0.25) is 0 Å². The Morgan fingerprint density at radius 2 is 1.89 bits per heavy atom. The van der Waals surface area contributed by atoms with Crippen LogP contribution in [0.15, 0.2) is 0 Å². The van der Waals surface area contributed by atoms with E-state index in [1.165, 1.54) is 0 Å². The fraction of sp³-hybridized carbons (Fsp3) is 0.929. The first-order valence-corrected chi connectivity index (χ1v) is 7.23. The van der Waals surface area contributed by atoms with Gasteiger partial charge < -0.3 is 10.6 Å². The van der Waals surface area contributed by atoms with E-state index >= 15 is 0 Å². The molecule has 5 heteroatoms. The molecule has 1 aliphatic heterocycles. The van der Waals surface area contributed by atoms with E-state index in [0.717, 1.165) is 13.1 Å². The summed E-state index contributed by atoms with van der Waals surface area (Å²) >= 11 is 0. The van der Waals surface area contributed by atoms with Crippen molar-refractivity contribution < 1.29 is 13.6 Å². The Morgan fingerprint density at radius 1 is 1.32 bits per heavy atom. The molecule has 0 radical (unpaired) electrons. The van der Waals surface area contributed by atoms with Crippen molar-refractivity contribution in [2.24, 2.45) is 17.3 Å². The quantitative estimate of drug-likeness (QED) is 0.825. The van der Waals surface area contributed by atoms with Crippen LogP contribution in [0, 0.1) is 17.3 Å². The van der Waals surface area contributed by atoms with Gasteiger partial charge in [0.05, 0.1) is 5.41 Å². The average Bonchev–Trinajstić information content (AvgIpc) is 2.25. The van der Waals surface area contributed by atoms with E-state index in [-0.39, 0.29) is 30.1 Å². The molecule has 0 aromatic carbocycles. The molecule has 2 N–H and O–H groups in total. The van der Waals surface area contributed by atoms with Crippen molar-refractivity contribution in [3.05, 3.63) is 0 Å².